The van der Waals surface area contributed by atoms with E-state index in [4.69, 9.17) is 20.1 Å². The molecule has 21 heavy (non-hydrogen) atoms. The number of methoxy groups -OCH3 is 1. The molecule has 114 valence electrons. The van der Waals surface area contributed by atoms with E-state index in [-0.39, 0.29) is 24.5 Å². The number of hydrazine groups is 1. The molecule has 0 unspecified atom stereocenters. The first-order chi connectivity index (χ1) is 10.3. The Labute approximate surface area is 120 Å². The standard InChI is InChI=1S/C10H16N8O3/c1-19-2-3-20-4-5-21-10-15-8(17-11)14-9(16-10)18-7-12-6-13-18/h6-7H,2-5,11H2,1H3,(H,14,15,16,17). The van der Waals surface area contributed by atoms with Gasteiger partial charge in [-0.25, -0.2) is 10.8 Å². The lowest BCUT2D eigenvalue weighted by atomic mass is 10.7. The number of aromatic nitrogens is 6. The van der Waals surface area contributed by atoms with Crippen molar-refractivity contribution in [2.75, 3.05) is 39.0 Å². The minimum absolute atomic E-state index is 0.110. The summed E-state index contributed by atoms with van der Waals surface area (Å²) in [7, 11) is 1.61. The van der Waals surface area contributed by atoms with E-state index >= 15 is 0 Å². The lowest BCUT2D eigenvalue weighted by Crippen LogP contribution is -2.16. The maximum Gasteiger partial charge on any atom is 0.323 e. The van der Waals surface area contributed by atoms with Crippen LogP contribution in [0.4, 0.5) is 5.95 Å². The number of hydrogen-bond acceptors (Lipinski definition) is 10. The maximum absolute atomic E-state index is 5.38. The Bertz CT molecular complexity index is 535. The summed E-state index contributed by atoms with van der Waals surface area (Å²) >= 11 is 0. The average Bonchev–Trinajstić information content (AvgIpc) is 3.05. The van der Waals surface area contributed by atoms with Crippen LogP contribution in [0.15, 0.2) is 12.7 Å². The van der Waals surface area contributed by atoms with Crippen molar-refractivity contribution >= 4 is 5.95 Å². The SMILES string of the molecule is COCCOCCOc1nc(NN)nc(-n2cncn2)n1. The molecular formula is C10H16N8O3. The zero-order chi connectivity index (χ0) is 14.9. The van der Waals surface area contributed by atoms with Crippen molar-refractivity contribution in [3.63, 3.8) is 0 Å². The molecule has 2 rings (SSSR count). The Morgan fingerprint density at radius 3 is 2.76 bits per heavy atom. The van der Waals surface area contributed by atoms with E-state index in [1.54, 1.807) is 7.11 Å². The molecule has 0 amide bonds. The quantitative estimate of drug-likeness (QED) is 0.329. The van der Waals surface area contributed by atoms with Crippen LogP contribution in [0, 0.1) is 0 Å². The second-order valence-corrected chi connectivity index (χ2v) is 3.68. The summed E-state index contributed by atoms with van der Waals surface area (Å²) in [5.74, 6) is 5.71. The minimum atomic E-state index is 0.110. The van der Waals surface area contributed by atoms with Gasteiger partial charge in [0.1, 0.15) is 19.3 Å². The van der Waals surface area contributed by atoms with E-state index in [2.05, 4.69) is 30.5 Å². The molecule has 2 heterocycles. The van der Waals surface area contributed by atoms with Gasteiger partial charge in [-0.2, -0.15) is 24.7 Å². The highest BCUT2D eigenvalue weighted by Gasteiger charge is 2.09. The molecule has 0 bridgehead atoms. The second kappa shape index (κ2) is 8.04. The van der Waals surface area contributed by atoms with Gasteiger partial charge < -0.3 is 14.2 Å². The first-order valence-corrected chi connectivity index (χ1v) is 6.10. The van der Waals surface area contributed by atoms with Gasteiger partial charge in [0.25, 0.3) is 5.95 Å². The summed E-state index contributed by atoms with van der Waals surface area (Å²) < 4.78 is 16.9. The molecule has 0 saturated carbocycles. The number of hydrogen-bond donors (Lipinski definition) is 2. The van der Waals surface area contributed by atoms with Gasteiger partial charge >= 0.3 is 6.01 Å². The highest BCUT2D eigenvalue weighted by atomic mass is 16.5. The van der Waals surface area contributed by atoms with Gasteiger partial charge in [0.05, 0.1) is 19.8 Å². The van der Waals surface area contributed by atoms with E-state index in [9.17, 15) is 0 Å². The van der Waals surface area contributed by atoms with Gasteiger partial charge in [-0.15, -0.1) is 0 Å². The van der Waals surface area contributed by atoms with E-state index in [0.29, 0.717) is 19.8 Å². The van der Waals surface area contributed by atoms with E-state index in [1.165, 1.54) is 17.3 Å². The predicted octanol–water partition coefficient (Wildman–Crippen LogP) is -1.22. The van der Waals surface area contributed by atoms with Crippen molar-refractivity contribution in [2.24, 2.45) is 5.84 Å². The van der Waals surface area contributed by atoms with Gasteiger partial charge in [-0.1, -0.05) is 0 Å². The fraction of sp³-hybridized carbons (Fsp3) is 0.500. The number of nitrogens with one attached hydrogen (secondary N) is 1. The van der Waals surface area contributed by atoms with Crippen molar-refractivity contribution in [3.05, 3.63) is 12.7 Å². The number of anilines is 1. The van der Waals surface area contributed by atoms with E-state index in [0.717, 1.165) is 0 Å². The molecule has 0 spiro atoms. The first-order valence-electron chi connectivity index (χ1n) is 6.10. The highest BCUT2D eigenvalue weighted by Crippen LogP contribution is 2.09. The fourth-order valence-electron chi connectivity index (χ4n) is 1.33. The molecule has 0 saturated heterocycles. The summed E-state index contributed by atoms with van der Waals surface area (Å²) in [5, 5.41) is 3.92. The average molecular weight is 296 g/mol. The van der Waals surface area contributed by atoms with Crippen LogP contribution in [0.1, 0.15) is 0 Å². The third kappa shape index (κ3) is 4.59. The van der Waals surface area contributed by atoms with Gasteiger partial charge in [0.15, 0.2) is 0 Å². The lowest BCUT2D eigenvalue weighted by Gasteiger charge is -2.08. The largest absolute Gasteiger partial charge is 0.461 e. The van der Waals surface area contributed by atoms with Crippen LogP contribution in [-0.2, 0) is 9.47 Å². The van der Waals surface area contributed by atoms with Crippen LogP contribution in [0.2, 0.25) is 0 Å². The van der Waals surface area contributed by atoms with Crippen LogP contribution in [0.25, 0.3) is 5.95 Å². The molecule has 0 aromatic carbocycles. The summed E-state index contributed by atoms with van der Waals surface area (Å²) in [4.78, 5) is 15.9. The summed E-state index contributed by atoms with van der Waals surface area (Å²) in [5.41, 5.74) is 2.34. The molecule has 0 atom stereocenters. The molecule has 0 radical (unpaired) electrons. The van der Waals surface area contributed by atoms with Crippen molar-refractivity contribution in [3.8, 4) is 12.0 Å². The smallest absolute Gasteiger partial charge is 0.323 e. The predicted molar refractivity (Wildman–Crippen MR) is 70.7 cm³/mol. The van der Waals surface area contributed by atoms with Crippen molar-refractivity contribution in [1.82, 2.24) is 29.7 Å². The van der Waals surface area contributed by atoms with Gasteiger partial charge in [-0.3, -0.25) is 5.43 Å². The minimum Gasteiger partial charge on any atom is -0.461 e. The molecule has 0 aliphatic carbocycles. The zero-order valence-corrected chi connectivity index (χ0v) is 11.5. The molecule has 2 aromatic heterocycles. The van der Waals surface area contributed by atoms with Crippen LogP contribution in [0.3, 0.4) is 0 Å². The summed E-state index contributed by atoms with van der Waals surface area (Å²) in [6.45, 7) is 1.70. The molecule has 0 fully saturated rings. The number of nitrogens with zero attached hydrogens (tertiary/aromatic N) is 6. The third-order valence-corrected chi connectivity index (χ3v) is 2.25. The Balaban J connectivity index is 1.94. The van der Waals surface area contributed by atoms with Crippen molar-refractivity contribution in [2.45, 2.75) is 0 Å². The Kier molecular flexibility index (Phi) is 5.75. The molecule has 2 aromatic rings. The number of ether oxygens (including phenoxy) is 3. The molecule has 3 N–H and O–H groups in total. The monoisotopic (exact) mass is 296 g/mol. The number of nitrogens with two attached hydrogens (primary N) is 1. The molecular weight excluding hydrogens is 280 g/mol. The van der Waals surface area contributed by atoms with Gasteiger partial charge in [-0.05, 0) is 0 Å². The number of nitrogen functional groups attached to an aromatic ring is 1. The normalized spacial score (nSPS) is 10.6. The lowest BCUT2D eigenvalue weighted by molar-refractivity contribution is 0.0528. The topological polar surface area (TPSA) is 135 Å². The van der Waals surface area contributed by atoms with Gasteiger partial charge in [0.2, 0.25) is 5.95 Å². The Morgan fingerprint density at radius 2 is 2.05 bits per heavy atom. The fourth-order valence-corrected chi connectivity index (χ4v) is 1.33. The van der Waals surface area contributed by atoms with Gasteiger partial charge in [0, 0.05) is 7.11 Å². The Morgan fingerprint density at radius 1 is 1.19 bits per heavy atom. The molecule has 11 heteroatoms. The maximum atomic E-state index is 5.38. The zero-order valence-electron chi connectivity index (χ0n) is 11.5. The van der Waals surface area contributed by atoms with Crippen LogP contribution < -0.4 is 16.0 Å². The highest BCUT2D eigenvalue weighted by molar-refractivity contribution is 5.27. The Hall–Kier alpha value is -2.37. The van der Waals surface area contributed by atoms with E-state index in [1.807, 2.05) is 0 Å². The second-order valence-electron chi connectivity index (χ2n) is 3.68. The number of rotatable bonds is 9. The molecule has 11 nitrogen and oxygen atoms in total. The van der Waals surface area contributed by atoms with Crippen LogP contribution in [0.5, 0.6) is 6.01 Å². The summed E-state index contributed by atoms with van der Waals surface area (Å²) in [6, 6.07) is 0.110. The van der Waals surface area contributed by atoms with Crippen molar-refractivity contribution < 1.29 is 14.2 Å². The van der Waals surface area contributed by atoms with Crippen molar-refractivity contribution in [1.29, 1.82) is 0 Å². The molecule has 0 aliphatic rings. The van der Waals surface area contributed by atoms with Crippen LogP contribution in [-0.4, -0.2) is 63.3 Å². The van der Waals surface area contributed by atoms with Crippen LogP contribution >= 0.6 is 0 Å². The third-order valence-electron chi connectivity index (χ3n) is 2.25. The van der Waals surface area contributed by atoms with E-state index < -0.39 is 0 Å². The first kappa shape index (κ1) is 15.0. The molecule has 0 aliphatic heterocycles. The summed E-state index contributed by atoms with van der Waals surface area (Å²) in [6.07, 6.45) is 2.82.